The summed E-state index contributed by atoms with van der Waals surface area (Å²) in [5.74, 6) is -1.02. The van der Waals surface area contributed by atoms with E-state index in [4.69, 9.17) is 0 Å². The van der Waals surface area contributed by atoms with Crippen LogP contribution in [0.15, 0.2) is 73.3 Å². The number of allylic oxidation sites excluding steroid dienone is 1. The molecule has 1 N–H and O–H groups in total. The van der Waals surface area contributed by atoms with E-state index in [1.807, 2.05) is 67.6 Å². The van der Waals surface area contributed by atoms with Gasteiger partial charge >= 0.3 is 5.97 Å². The predicted molar refractivity (Wildman–Crippen MR) is 85.3 cm³/mol. The molecule has 2 heteroatoms. The number of carbonyl (C=O) groups is 1. The summed E-state index contributed by atoms with van der Waals surface area (Å²) in [6, 6.07) is 18.8. The van der Waals surface area contributed by atoms with E-state index in [0.717, 1.165) is 11.1 Å². The van der Waals surface area contributed by atoms with E-state index in [1.165, 1.54) is 0 Å². The van der Waals surface area contributed by atoms with Crippen molar-refractivity contribution in [1.82, 2.24) is 0 Å². The van der Waals surface area contributed by atoms with Crippen LogP contribution in [0.3, 0.4) is 0 Å². The van der Waals surface area contributed by atoms with Crippen LogP contribution in [0.1, 0.15) is 24.5 Å². The molecule has 21 heavy (non-hydrogen) atoms. The average Bonchev–Trinajstić information content (AvgIpc) is 2.53. The molecule has 0 aliphatic heterocycles. The quantitative estimate of drug-likeness (QED) is 0.802. The summed E-state index contributed by atoms with van der Waals surface area (Å²) in [4.78, 5) is 12.3. The maximum absolute atomic E-state index is 12.3. The molecular formula is C19H20O2. The maximum Gasteiger partial charge on any atom is 0.319 e. The highest BCUT2D eigenvalue weighted by atomic mass is 16.4. The molecule has 0 amide bonds. The van der Waals surface area contributed by atoms with Crippen molar-refractivity contribution >= 4 is 5.97 Å². The van der Waals surface area contributed by atoms with Crippen LogP contribution in [0.2, 0.25) is 0 Å². The number of carboxylic acid groups (broad SMARTS) is 1. The Bertz CT molecular complexity index is 562. The zero-order valence-electron chi connectivity index (χ0n) is 12.2. The van der Waals surface area contributed by atoms with Crippen molar-refractivity contribution in [3.8, 4) is 0 Å². The highest BCUT2D eigenvalue weighted by Crippen LogP contribution is 2.41. The van der Waals surface area contributed by atoms with Crippen LogP contribution in [0.25, 0.3) is 0 Å². The highest BCUT2D eigenvalue weighted by Gasteiger charge is 2.46. The maximum atomic E-state index is 12.3. The highest BCUT2D eigenvalue weighted by molar-refractivity contribution is 5.87. The average molecular weight is 280 g/mol. The molecule has 0 bridgehead atoms. The largest absolute Gasteiger partial charge is 0.480 e. The van der Waals surface area contributed by atoms with E-state index >= 15 is 0 Å². The van der Waals surface area contributed by atoms with Crippen molar-refractivity contribution in [3.05, 3.63) is 84.4 Å². The topological polar surface area (TPSA) is 37.3 Å². The fraction of sp³-hybridized carbons (Fsp3) is 0.211. The van der Waals surface area contributed by atoms with E-state index in [1.54, 1.807) is 6.08 Å². The van der Waals surface area contributed by atoms with Gasteiger partial charge in [-0.15, -0.1) is 6.58 Å². The fourth-order valence-electron chi connectivity index (χ4n) is 3.05. The summed E-state index contributed by atoms with van der Waals surface area (Å²) < 4.78 is 0. The first kappa shape index (κ1) is 15.0. The molecule has 2 nitrogen and oxygen atoms in total. The van der Waals surface area contributed by atoms with Crippen molar-refractivity contribution < 1.29 is 9.90 Å². The van der Waals surface area contributed by atoms with Crippen LogP contribution in [-0.2, 0) is 10.2 Å². The van der Waals surface area contributed by atoms with Crippen molar-refractivity contribution in [2.24, 2.45) is 5.92 Å². The van der Waals surface area contributed by atoms with Gasteiger partial charge in [-0.1, -0.05) is 73.7 Å². The van der Waals surface area contributed by atoms with E-state index in [9.17, 15) is 9.90 Å². The van der Waals surface area contributed by atoms with Gasteiger partial charge in [0.2, 0.25) is 0 Å². The lowest BCUT2D eigenvalue weighted by Gasteiger charge is -2.36. The first-order valence-corrected chi connectivity index (χ1v) is 7.14. The zero-order valence-corrected chi connectivity index (χ0v) is 12.2. The third-order valence-electron chi connectivity index (χ3n) is 4.08. The third kappa shape index (κ3) is 2.49. The van der Waals surface area contributed by atoms with E-state index < -0.39 is 11.4 Å². The number of aliphatic carboxylic acids is 1. The van der Waals surface area contributed by atoms with E-state index in [0.29, 0.717) is 6.42 Å². The van der Waals surface area contributed by atoms with E-state index in [-0.39, 0.29) is 5.92 Å². The molecule has 0 fully saturated rings. The summed E-state index contributed by atoms with van der Waals surface area (Å²) >= 11 is 0. The molecular weight excluding hydrogens is 260 g/mol. The van der Waals surface area contributed by atoms with Gasteiger partial charge in [-0.3, -0.25) is 4.79 Å². The summed E-state index contributed by atoms with van der Waals surface area (Å²) in [5.41, 5.74) is 0.477. The second-order valence-corrected chi connectivity index (χ2v) is 5.10. The van der Waals surface area contributed by atoms with Crippen LogP contribution in [0.5, 0.6) is 0 Å². The second kappa shape index (κ2) is 6.40. The Balaban J connectivity index is 2.79. The van der Waals surface area contributed by atoms with Gasteiger partial charge in [-0.05, 0) is 17.5 Å². The van der Waals surface area contributed by atoms with Gasteiger partial charge in [-0.25, -0.2) is 0 Å². The molecule has 0 heterocycles. The molecule has 0 aliphatic rings. The van der Waals surface area contributed by atoms with E-state index in [2.05, 4.69) is 6.58 Å². The Hall–Kier alpha value is -2.35. The van der Waals surface area contributed by atoms with Crippen LogP contribution < -0.4 is 0 Å². The van der Waals surface area contributed by atoms with Crippen molar-refractivity contribution in [2.75, 3.05) is 0 Å². The normalized spacial score (nSPS) is 12.6. The molecule has 108 valence electrons. The first-order valence-electron chi connectivity index (χ1n) is 7.14. The Kier molecular flexibility index (Phi) is 4.59. The molecule has 1 unspecified atom stereocenters. The summed E-state index contributed by atoms with van der Waals surface area (Å²) in [6.07, 6.45) is 2.47. The molecule has 0 spiro atoms. The van der Waals surface area contributed by atoms with Crippen LogP contribution >= 0.6 is 0 Å². The molecule has 0 aromatic heterocycles. The monoisotopic (exact) mass is 280 g/mol. The second-order valence-electron chi connectivity index (χ2n) is 5.10. The minimum atomic E-state index is -1.10. The van der Waals surface area contributed by atoms with Crippen molar-refractivity contribution in [1.29, 1.82) is 0 Å². The number of carboxylic acids is 1. The predicted octanol–water partition coefficient (Wildman–Crippen LogP) is 4.27. The number of hydrogen-bond donors (Lipinski definition) is 1. The van der Waals surface area contributed by atoms with Gasteiger partial charge in [0.05, 0.1) is 0 Å². The van der Waals surface area contributed by atoms with Crippen molar-refractivity contribution in [3.63, 3.8) is 0 Å². The molecule has 2 aromatic carbocycles. The van der Waals surface area contributed by atoms with Gasteiger partial charge in [0, 0.05) is 5.92 Å². The summed E-state index contributed by atoms with van der Waals surface area (Å²) in [6.45, 7) is 5.86. The fourth-order valence-corrected chi connectivity index (χ4v) is 3.05. The molecule has 0 saturated carbocycles. The lowest BCUT2D eigenvalue weighted by atomic mass is 9.65. The molecule has 0 saturated heterocycles. The van der Waals surface area contributed by atoms with Gasteiger partial charge in [-0.2, -0.15) is 0 Å². The molecule has 2 aromatic rings. The standard InChI is InChI=1S/C19H20O2/c1-3-15(4-2)19(18(20)21,16-11-7-5-8-12-16)17-13-9-6-10-14-17/h3,5-15H,1,4H2,2H3,(H,20,21). The van der Waals surface area contributed by atoms with Crippen molar-refractivity contribution in [2.45, 2.75) is 18.8 Å². The summed E-state index contributed by atoms with van der Waals surface area (Å²) in [5, 5.41) is 10.1. The van der Waals surface area contributed by atoms with Crippen LogP contribution in [0, 0.1) is 5.92 Å². The summed E-state index contributed by atoms with van der Waals surface area (Å²) in [7, 11) is 0. The zero-order chi connectivity index (χ0) is 15.3. The Morgan fingerprint density at radius 2 is 1.52 bits per heavy atom. The van der Waals surface area contributed by atoms with Gasteiger partial charge in [0.15, 0.2) is 0 Å². The Morgan fingerprint density at radius 1 is 1.10 bits per heavy atom. The molecule has 0 radical (unpaired) electrons. The minimum Gasteiger partial charge on any atom is -0.480 e. The van der Waals surface area contributed by atoms with Crippen LogP contribution in [0.4, 0.5) is 0 Å². The lowest BCUT2D eigenvalue weighted by molar-refractivity contribution is -0.143. The Morgan fingerprint density at radius 3 is 1.81 bits per heavy atom. The van der Waals surface area contributed by atoms with Gasteiger partial charge < -0.3 is 5.11 Å². The van der Waals surface area contributed by atoms with Gasteiger partial charge in [0.1, 0.15) is 5.41 Å². The number of rotatable bonds is 6. The number of benzene rings is 2. The molecule has 1 atom stereocenters. The first-order chi connectivity index (χ1) is 10.2. The SMILES string of the molecule is C=CC(CC)C(C(=O)O)(c1ccccc1)c1ccccc1. The third-order valence-corrected chi connectivity index (χ3v) is 4.08. The molecule has 2 rings (SSSR count). The van der Waals surface area contributed by atoms with Crippen LogP contribution in [-0.4, -0.2) is 11.1 Å². The minimum absolute atomic E-state index is 0.181. The van der Waals surface area contributed by atoms with Gasteiger partial charge in [0.25, 0.3) is 0 Å². The number of hydrogen-bond acceptors (Lipinski definition) is 1. The smallest absolute Gasteiger partial charge is 0.319 e. The molecule has 0 aliphatic carbocycles. The Labute approximate surface area is 125 Å². The lowest BCUT2D eigenvalue weighted by Crippen LogP contribution is -2.43.